The van der Waals surface area contributed by atoms with Gasteiger partial charge < -0.3 is 5.32 Å². The maximum Gasteiger partial charge on any atom is 0.251 e. The first-order valence-corrected chi connectivity index (χ1v) is 7.24. The van der Waals surface area contributed by atoms with Gasteiger partial charge in [0, 0.05) is 22.9 Å². The molecule has 0 bridgehead atoms. The van der Waals surface area contributed by atoms with E-state index >= 15 is 0 Å². The lowest BCUT2D eigenvalue weighted by Gasteiger charge is -2.12. The molecule has 2 N–H and O–H groups in total. The van der Waals surface area contributed by atoms with Gasteiger partial charge in [-0.3, -0.25) is 4.79 Å². The fourth-order valence-corrected chi connectivity index (χ4v) is 2.91. The van der Waals surface area contributed by atoms with E-state index < -0.39 is 0 Å². The summed E-state index contributed by atoms with van der Waals surface area (Å²) >= 11 is 1.70. The van der Waals surface area contributed by atoms with Gasteiger partial charge in [-0.15, -0.1) is 11.3 Å². The zero-order chi connectivity index (χ0) is 13.9. The number of nitrogens with zero attached hydrogens (tertiary/aromatic N) is 2. The van der Waals surface area contributed by atoms with Crippen molar-refractivity contribution >= 4 is 28.3 Å². The van der Waals surface area contributed by atoms with Crippen molar-refractivity contribution < 1.29 is 4.79 Å². The number of thiophene rings is 1. The van der Waals surface area contributed by atoms with Crippen LogP contribution in [0.1, 0.15) is 22.2 Å². The maximum absolute atomic E-state index is 12.2. The minimum absolute atomic E-state index is 0.0843. The van der Waals surface area contributed by atoms with Crippen molar-refractivity contribution in [1.82, 2.24) is 20.7 Å². The number of aromatic amines is 1. The third kappa shape index (κ3) is 2.70. The Morgan fingerprint density at radius 3 is 3.00 bits per heavy atom. The molecule has 0 fully saturated rings. The Morgan fingerprint density at radius 1 is 1.35 bits per heavy atom. The highest BCUT2D eigenvalue weighted by molar-refractivity contribution is 7.09. The van der Waals surface area contributed by atoms with Crippen molar-refractivity contribution in [3.63, 3.8) is 0 Å². The van der Waals surface area contributed by atoms with Gasteiger partial charge >= 0.3 is 0 Å². The quantitative estimate of drug-likeness (QED) is 0.773. The summed E-state index contributed by atoms with van der Waals surface area (Å²) in [6.07, 6.45) is 0.843. The summed E-state index contributed by atoms with van der Waals surface area (Å²) in [7, 11) is 0. The first kappa shape index (κ1) is 12.8. The summed E-state index contributed by atoms with van der Waals surface area (Å²) in [5, 5.41) is 15.5. The zero-order valence-corrected chi connectivity index (χ0v) is 11.8. The number of fused-ring (bicyclic) bond motifs is 1. The van der Waals surface area contributed by atoms with Crippen molar-refractivity contribution in [3.05, 3.63) is 46.2 Å². The molecule has 20 heavy (non-hydrogen) atoms. The lowest BCUT2D eigenvalue weighted by atomic mass is 10.1. The predicted octanol–water partition coefficient (Wildman–Crippen LogP) is 2.38. The molecule has 0 radical (unpaired) electrons. The molecule has 0 saturated heterocycles. The molecule has 0 saturated carbocycles. The van der Waals surface area contributed by atoms with Crippen molar-refractivity contribution in [3.8, 4) is 0 Å². The van der Waals surface area contributed by atoms with E-state index in [1.807, 2.05) is 18.4 Å². The lowest BCUT2D eigenvalue weighted by Crippen LogP contribution is -2.33. The van der Waals surface area contributed by atoms with Gasteiger partial charge in [0.2, 0.25) is 0 Å². The molecule has 0 aliphatic carbocycles. The molecule has 2 aromatic heterocycles. The molecule has 5 nitrogen and oxygen atoms in total. The second kappa shape index (κ2) is 5.42. The first-order valence-electron chi connectivity index (χ1n) is 6.36. The molecule has 3 rings (SSSR count). The van der Waals surface area contributed by atoms with Crippen molar-refractivity contribution in [2.45, 2.75) is 19.4 Å². The molecule has 0 aliphatic rings. The fourth-order valence-electron chi connectivity index (χ4n) is 2.07. The van der Waals surface area contributed by atoms with Crippen LogP contribution in [0.25, 0.3) is 11.0 Å². The number of amides is 1. The average Bonchev–Trinajstić information content (AvgIpc) is 3.07. The van der Waals surface area contributed by atoms with E-state index in [4.69, 9.17) is 0 Å². The third-order valence-electron chi connectivity index (χ3n) is 3.04. The normalized spacial score (nSPS) is 12.4. The molecule has 2 heterocycles. The SMILES string of the molecule is C[C@@H](Cc1cccs1)NC(=O)c1ccc2n[nH]nc2c1. The van der Waals surface area contributed by atoms with E-state index in [1.54, 1.807) is 29.5 Å². The minimum atomic E-state index is -0.0843. The number of nitrogens with one attached hydrogen (secondary N) is 2. The van der Waals surface area contributed by atoms with Gasteiger partial charge in [-0.25, -0.2) is 0 Å². The largest absolute Gasteiger partial charge is 0.349 e. The second-order valence-electron chi connectivity index (χ2n) is 4.69. The number of rotatable bonds is 4. The Hall–Kier alpha value is -2.21. The third-order valence-corrected chi connectivity index (χ3v) is 3.94. The van der Waals surface area contributed by atoms with Crippen LogP contribution in [0, 0.1) is 0 Å². The first-order chi connectivity index (χ1) is 9.72. The number of benzene rings is 1. The van der Waals surface area contributed by atoms with E-state index in [0.717, 1.165) is 11.9 Å². The van der Waals surface area contributed by atoms with E-state index in [1.165, 1.54) is 4.88 Å². The molecular formula is C14H14N4OS. The molecule has 1 aromatic carbocycles. The van der Waals surface area contributed by atoms with E-state index in [2.05, 4.69) is 26.8 Å². The van der Waals surface area contributed by atoms with Gasteiger partial charge in [-0.05, 0) is 36.6 Å². The van der Waals surface area contributed by atoms with Gasteiger partial charge in [0.1, 0.15) is 11.0 Å². The minimum Gasteiger partial charge on any atom is -0.349 e. The highest BCUT2D eigenvalue weighted by Gasteiger charge is 2.12. The molecule has 102 valence electrons. The van der Waals surface area contributed by atoms with Gasteiger partial charge in [-0.2, -0.15) is 15.4 Å². The summed E-state index contributed by atoms with van der Waals surface area (Å²) in [5.41, 5.74) is 2.06. The standard InChI is InChI=1S/C14H14N4OS/c1-9(7-11-3-2-6-20-11)15-14(19)10-4-5-12-13(8-10)17-18-16-12/h2-6,8-9H,7H2,1H3,(H,15,19)(H,16,17,18)/t9-/m0/s1. The Bertz CT molecular complexity index is 720. The van der Waals surface area contributed by atoms with Crippen LogP contribution in [0.15, 0.2) is 35.7 Å². The van der Waals surface area contributed by atoms with E-state index in [9.17, 15) is 4.79 Å². The number of carbonyl (C=O) groups is 1. The van der Waals surface area contributed by atoms with E-state index in [-0.39, 0.29) is 11.9 Å². The number of hydrogen-bond acceptors (Lipinski definition) is 4. The topological polar surface area (TPSA) is 70.7 Å². The summed E-state index contributed by atoms with van der Waals surface area (Å²) in [6, 6.07) is 9.48. The van der Waals surface area contributed by atoms with Crippen LogP contribution >= 0.6 is 11.3 Å². The van der Waals surface area contributed by atoms with Crippen LogP contribution in [0.2, 0.25) is 0 Å². The lowest BCUT2D eigenvalue weighted by molar-refractivity contribution is 0.0940. The van der Waals surface area contributed by atoms with Crippen molar-refractivity contribution in [1.29, 1.82) is 0 Å². The predicted molar refractivity (Wildman–Crippen MR) is 78.8 cm³/mol. The van der Waals surface area contributed by atoms with Gasteiger partial charge in [-0.1, -0.05) is 6.07 Å². The molecule has 1 atom stereocenters. The summed E-state index contributed by atoms with van der Waals surface area (Å²) in [6.45, 7) is 2.01. The van der Waals surface area contributed by atoms with Crippen molar-refractivity contribution in [2.75, 3.05) is 0 Å². The van der Waals surface area contributed by atoms with Crippen LogP contribution in [-0.2, 0) is 6.42 Å². The molecule has 6 heteroatoms. The summed E-state index contributed by atoms with van der Waals surface area (Å²) in [5.74, 6) is -0.0843. The zero-order valence-electron chi connectivity index (χ0n) is 11.0. The van der Waals surface area contributed by atoms with E-state index in [0.29, 0.717) is 11.1 Å². The molecular weight excluding hydrogens is 272 g/mol. The number of carbonyl (C=O) groups excluding carboxylic acids is 1. The van der Waals surface area contributed by atoms with Gasteiger partial charge in [0.05, 0.1) is 0 Å². The number of aromatic nitrogens is 3. The highest BCUT2D eigenvalue weighted by Crippen LogP contribution is 2.13. The molecule has 0 aliphatic heterocycles. The smallest absolute Gasteiger partial charge is 0.251 e. The monoisotopic (exact) mass is 286 g/mol. The molecule has 3 aromatic rings. The number of H-pyrrole nitrogens is 1. The van der Waals surface area contributed by atoms with Crippen LogP contribution in [0.5, 0.6) is 0 Å². The van der Waals surface area contributed by atoms with Crippen LogP contribution in [-0.4, -0.2) is 27.4 Å². The molecule has 0 unspecified atom stereocenters. The number of hydrogen-bond donors (Lipinski definition) is 2. The Balaban J connectivity index is 1.68. The summed E-state index contributed by atoms with van der Waals surface area (Å²) < 4.78 is 0. The van der Waals surface area contributed by atoms with Crippen LogP contribution < -0.4 is 5.32 Å². The molecule has 0 spiro atoms. The Kier molecular flexibility index (Phi) is 3.47. The maximum atomic E-state index is 12.2. The van der Waals surface area contributed by atoms with Gasteiger partial charge in [0.25, 0.3) is 5.91 Å². The Labute approximate surface area is 120 Å². The second-order valence-corrected chi connectivity index (χ2v) is 5.72. The Morgan fingerprint density at radius 2 is 2.20 bits per heavy atom. The summed E-state index contributed by atoms with van der Waals surface area (Å²) in [4.78, 5) is 13.5. The van der Waals surface area contributed by atoms with Gasteiger partial charge in [0.15, 0.2) is 0 Å². The molecule has 1 amide bonds. The van der Waals surface area contributed by atoms with Crippen LogP contribution in [0.4, 0.5) is 0 Å². The average molecular weight is 286 g/mol. The highest BCUT2D eigenvalue weighted by atomic mass is 32.1. The van der Waals surface area contributed by atoms with Crippen LogP contribution in [0.3, 0.4) is 0 Å². The van der Waals surface area contributed by atoms with Crippen molar-refractivity contribution in [2.24, 2.45) is 0 Å². The fraction of sp³-hybridized carbons (Fsp3) is 0.214.